The van der Waals surface area contributed by atoms with Crippen LogP contribution in [0.1, 0.15) is 21.9 Å². The maximum Gasteiger partial charge on any atom is 0.228 e. The van der Waals surface area contributed by atoms with E-state index in [1.165, 1.54) is 10.4 Å². The van der Waals surface area contributed by atoms with Crippen molar-refractivity contribution in [1.82, 2.24) is 10.6 Å². The van der Waals surface area contributed by atoms with E-state index in [-0.39, 0.29) is 11.8 Å². The van der Waals surface area contributed by atoms with Gasteiger partial charge in [0.2, 0.25) is 5.91 Å². The summed E-state index contributed by atoms with van der Waals surface area (Å²) in [6.07, 6.45) is 0.879. The number of hydrogen-bond donors (Lipinski definition) is 2. The molecule has 3 nitrogen and oxygen atoms in total. The van der Waals surface area contributed by atoms with Crippen molar-refractivity contribution in [1.29, 1.82) is 0 Å². The fraction of sp³-hybridized carbons (Fsp3) is 0.312. The third kappa shape index (κ3) is 3.54. The molecular formula is C16H17BrN2OS. The van der Waals surface area contributed by atoms with E-state index in [4.69, 9.17) is 0 Å². The summed E-state index contributed by atoms with van der Waals surface area (Å²) < 4.78 is 1.13. The second-order valence-electron chi connectivity index (χ2n) is 5.13. The number of carbonyl (C=O) groups excluding carboxylic acids is 1. The molecule has 0 saturated heterocycles. The van der Waals surface area contributed by atoms with Gasteiger partial charge in [0.05, 0.1) is 9.70 Å². The molecule has 0 bridgehead atoms. The molecule has 0 radical (unpaired) electrons. The first-order chi connectivity index (χ1) is 10.2. The van der Waals surface area contributed by atoms with Crippen LogP contribution in [0.2, 0.25) is 0 Å². The maximum absolute atomic E-state index is 12.4. The third-order valence-corrected chi connectivity index (χ3v) is 5.39. The Balaban J connectivity index is 1.59. The molecule has 0 spiro atoms. The van der Waals surface area contributed by atoms with Crippen LogP contribution in [0.4, 0.5) is 0 Å². The molecule has 21 heavy (non-hydrogen) atoms. The number of nitrogens with one attached hydrogen (secondary N) is 2. The molecule has 1 atom stereocenters. The SMILES string of the molecule is O=C(NCCc1ccc(Br)s1)C1CNCc2ccccc21. The Bertz CT molecular complexity index is 641. The molecule has 1 aromatic heterocycles. The molecular weight excluding hydrogens is 348 g/mol. The topological polar surface area (TPSA) is 41.1 Å². The second-order valence-corrected chi connectivity index (χ2v) is 7.68. The number of halogens is 1. The van der Waals surface area contributed by atoms with Crippen molar-refractivity contribution in [2.75, 3.05) is 13.1 Å². The van der Waals surface area contributed by atoms with E-state index in [0.29, 0.717) is 13.1 Å². The minimum atomic E-state index is -0.0787. The predicted molar refractivity (Wildman–Crippen MR) is 89.6 cm³/mol. The van der Waals surface area contributed by atoms with Crippen LogP contribution in [0.3, 0.4) is 0 Å². The first-order valence-corrected chi connectivity index (χ1v) is 8.65. The number of amides is 1. The van der Waals surface area contributed by atoms with Gasteiger partial charge >= 0.3 is 0 Å². The van der Waals surface area contributed by atoms with Crippen molar-refractivity contribution in [3.05, 3.63) is 56.2 Å². The van der Waals surface area contributed by atoms with Gasteiger partial charge in [0.1, 0.15) is 0 Å². The summed E-state index contributed by atoms with van der Waals surface area (Å²) in [4.78, 5) is 13.7. The Hall–Kier alpha value is -1.17. The molecule has 5 heteroatoms. The van der Waals surface area contributed by atoms with Gasteiger partial charge in [-0.1, -0.05) is 24.3 Å². The highest BCUT2D eigenvalue weighted by Crippen LogP contribution is 2.24. The van der Waals surface area contributed by atoms with E-state index in [0.717, 1.165) is 22.3 Å². The Kier molecular flexibility index (Phi) is 4.73. The van der Waals surface area contributed by atoms with E-state index in [1.54, 1.807) is 11.3 Å². The van der Waals surface area contributed by atoms with Gasteiger partial charge in [0.25, 0.3) is 0 Å². The Morgan fingerprint density at radius 1 is 1.33 bits per heavy atom. The van der Waals surface area contributed by atoms with Crippen LogP contribution in [0.25, 0.3) is 0 Å². The summed E-state index contributed by atoms with van der Waals surface area (Å²) >= 11 is 5.17. The van der Waals surface area contributed by atoms with Gasteiger partial charge in [-0.2, -0.15) is 0 Å². The van der Waals surface area contributed by atoms with Crippen molar-refractivity contribution in [3.63, 3.8) is 0 Å². The molecule has 3 rings (SSSR count). The molecule has 2 aromatic rings. The monoisotopic (exact) mass is 364 g/mol. The standard InChI is InChI=1S/C16H17BrN2OS/c17-15-6-5-12(21-15)7-8-19-16(20)14-10-18-9-11-3-1-2-4-13(11)14/h1-6,14,18H,7-10H2,(H,19,20). The minimum absolute atomic E-state index is 0.0787. The van der Waals surface area contributed by atoms with Crippen LogP contribution in [0.5, 0.6) is 0 Å². The van der Waals surface area contributed by atoms with Crippen LogP contribution in [0.15, 0.2) is 40.2 Å². The molecule has 0 fully saturated rings. The van der Waals surface area contributed by atoms with Crippen LogP contribution < -0.4 is 10.6 Å². The lowest BCUT2D eigenvalue weighted by atomic mass is 9.90. The average Bonchev–Trinajstić information content (AvgIpc) is 2.92. The fourth-order valence-electron chi connectivity index (χ4n) is 2.65. The van der Waals surface area contributed by atoms with E-state index < -0.39 is 0 Å². The maximum atomic E-state index is 12.4. The molecule has 2 N–H and O–H groups in total. The summed E-state index contributed by atoms with van der Waals surface area (Å²) in [6, 6.07) is 12.3. The summed E-state index contributed by atoms with van der Waals surface area (Å²) in [5, 5.41) is 6.38. The van der Waals surface area contributed by atoms with Gasteiger partial charge in [-0.15, -0.1) is 11.3 Å². The normalized spacial score (nSPS) is 17.3. The van der Waals surface area contributed by atoms with E-state index in [2.05, 4.69) is 44.8 Å². The zero-order valence-electron chi connectivity index (χ0n) is 11.6. The van der Waals surface area contributed by atoms with Crippen LogP contribution in [-0.2, 0) is 17.8 Å². The van der Waals surface area contributed by atoms with Crippen LogP contribution >= 0.6 is 27.3 Å². The number of rotatable bonds is 4. The second kappa shape index (κ2) is 6.73. The fourth-order valence-corrected chi connectivity index (χ4v) is 4.13. The summed E-state index contributed by atoms with van der Waals surface area (Å²) in [5.41, 5.74) is 2.39. The van der Waals surface area contributed by atoms with Crippen LogP contribution in [-0.4, -0.2) is 19.0 Å². The van der Waals surface area contributed by atoms with Gasteiger partial charge in [-0.05, 0) is 45.6 Å². The molecule has 1 aliphatic heterocycles. The highest BCUT2D eigenvalue weighted by Gasteiger charge is 2.25. The summed E-state index contributed by atoms with van der Waals surface area (Å²) in [5.74, 6) is 0.0373. The number of thiophene rings is 1. The van der Waals surface area contributed by atoms with Gasteiger partial charge in [-0.25, -0.2) is 0 Å². The molecule has 1 amide bonds. The van der Waals surface area contributed by atoms with Crippen molar-refractivity contribution in [2.24, 2.45) is 0 Å². The Morgan fingerprint density at radius 3 is 3.00 bits per heavy atom. The van der Waals surface area contributed by atoms with E-state index >= 15 is 0 Å². The lowest BCUT2D eigenvalue weighted by Crippen LogP contribution is -2.39. The smallest absolute Gasteiger partial charge is 0.228 e. The number of hydrogen-bond acceptors (Lipinski definition) is 3. The summed E-state index contributed by atoms with van der Waals surface area (Å²) in [6.45, 7) is 2.25. The minimum Gasteiger partial charge on any atom is -0.355 e. The van der Waals surface area contributed by atoms with Crippen LogP contribution in [0, 0.1) is 0 Å². The zero-order valence-corrected chi connectivity index (χ0v) is 14.0. The number of carbonyl (C=O) groups is 1. The highest BCUT2D eigenvalue weighted by atomic mass is 79.9. The van der Waals surface area contributed by atoms with Crippen molar-refractivity contribution in [3.8, 4) is 0 Å². The predicted octanol–water partition coefficient (Wildman–Crippen LogP) is 3.06. The molecule has 110 valence electrons. The lowest BCUT2D eigenvalue weighted by Gasteiger charge is -2.25. The number of fused-ring (bicyclic) bond motifs is 1. The van der Waals surface area contributed by atoms with Gasteiger partial charge in [0.15, 0.2) is 0 Å². The largest absolute Gasteiger partial charge is 0.355 e. The van der Waals surface area contributed by atoms with Crippen molar-refractivity contribution < 1.29 is 4.79 Å². The molecule has 2 heterocycles. The number of benzene rings is 1. The van der Waals surface area contributed by atoms with Crippen molar-refractivity contribution >= 4 is 33.2 Å². The van der Waals surface area contributed by atoms with Crippen molar-refractivity contribution in [2.45, 2.75) is 18.9 Å². The van der Waals surface area contributed by atoms with Gasteiger partial charge < -0.3 is 10.6 Å². The summed E-state index contributed by atoms with van der Waals surface area (Å²) in [7, 11) is 0. The first-order valence-electron chi connectivity index (χ1n) is 7.04. The molecule has 1 unspecified atom stereocenters. The van der Waals surface area contributed by atoms with E-state index in [9.17, 15) is 4.79 Å². The molecule has 0 saturated carbocycles. The lowest BCUT2D eigenvalue weighted by molar-refractivity contribution is -0.122. The first kappa shape index (κ1) is 14.8. The third-order valence-electron chi connectivity index (χ3n) is 3.71. The highest BCUT2D eigenvalue weighted by molar-refractivity contribution is 9.11. The zero-order chi connectivity index (χ0) is 14.7. The van der Waals surface area contributed by atoms with E-state index in [1.807, 2.05) is 18.2 Å². The molecule has 0 aliphatic carbocycles. The molecule has 1 aliphatic rings. The molecule has 1 aromatic carbocycles. The average molecular weight is 365 g/mol. The Labute approximate surface area is 136 Å². The van der Waals surface area contributed by atoms with Gasteiger partial charge in [0, 0.05) is 24.5 Å². The quantitative estimate of drug-likeness (QED) is 0.875. The van der Waals surface area contributed by atoms with Gasteiger partial charge in [-0.3, -0.25) is 4.79 Å². The Morgan fingerprint density at radius 2 is 2.19 bits per heavy atom.